The van der Waals surface area contributed by atoms with Gasteiger partial charge in [-0.3, -0.25) is 0 Å². The highest BCUT2D eigenvalue weighted by Crippen LogP contribution is 2.06. The number of carboxylic acid groups (broad SMARTS) is 1. The number of hydrogen-bond acceptors (Lipinski definition) is 3. The van der Waals surface area contributed by atoms with Gasteiger partial charge in [0.2, 0.25) is 0 Å². The molecule has 110 valence electrons. The minimum atomic E-state index is -1.38. The standard InChI is InChI=1S/C13H17FN2O4/c1-8(17)11(12(18)19)15-13(20)16(2)7-9-3-5-10(14)6-4-9/h3-6,8,11,17H,7H2,1-2H3,(H,15,20)(H,18,19). The van der Waals surface area contributed by atoms with Gasteiger partial charge in [0, 0.05) is 13.6 Å². The minimum Gasteiger partial charge on any atom is -0.480 e. The van der Waals surface area contributed by atoms with Crippen molar-refractivity contribution in [3.05, 3.63) is 35.6 Å². The summed E-state index contributed by atoms with van der Waals surface area (Å²) in [4.78, 5) is 23.9. The van der Waals surface area contributed by atoms with Crippen LogP contribution in [0.25, 0.3) is 0 Å². The Labute approximate surface area is 115 Å². The maximum absolute atomic E-state index is 12.7. The number of aliphatic hydroxyl groups excluding tert-OH is 1. The molecule has 20 heavy (non-hydrogen) atoms. The summed E-state index contributed by atoms with van der Waals surface area (Å²) in [7, 11) is 1.47. The molecule has 0 heterocycles. The third kappa shape index (κ3) is 4.51. The molecular formula is C13H17FN2O4. The number of urea groups is 1. The lowest BCUT2D eigenvalue weighted by Gasteiger charge is -2.22. The van der Waals surface area contributed by atoms with Gasteiger partial charge in [0.25, 0.3) is 0 Å². The number of carboxylic acids is 1. The number of nitrogens with zero attached hydrogens (tertiary/aromatic N) is 1. The van der Waals surface area contributed by atoms with Crippen molar-refractivity contribution < 1.29 is 24.2 Å². The van der Waals surface area contributed by atoms with Gasteiger partial charge in [-0.25, -0.2) is 14.0 Å². The van der Waals surface area contributed by atoms with Crippen LogP contribution in [-0.4, -0.2) is 46.3 Å². The largest absolute Gasteiger partial charge is 0.480 e. The van der Waals surface area contributed by atoms with Crippen molar-refractivity contribution in [2.24, 2.45) is 0 Å². The van der Waals surface area contributed by atoms with Gasteiger partial charge in [0.1, 0.15) is 5.82 Å². The Kier molecular flexibility index (Phi) is 5.45. The first kappa shape index (κ1) is 15.9. The van der Waals surface area contributed by atoms with Crippen LogP contribution in [0.15, 0.2) is 24.3 Å². The fraction of sp³-hybridized carbons (Fsp3) is 0.385. The van der Waals surface area contributed by atoms with Gasteiger partial charge >= 0.3 is 12.0 Å². The summed E-state index contributed by atoms with van der Waals surface area (Å²) in [6.45, 7) is 1.47. The van der Waals surface area contributed by atoms with Gasteiger partial charge in [0.05, 0.1) is 6.10 Å². The zero-order valence-corrected chi connectivity index (χ0v) is 11.2. The second-order valence-corrected chi connectivity index (χ2v) is 4.49. The molecular weight excluding hydrogens is 267 g/mol. The van der Waals surface area contributed by atoms with E-state index in [9.17, 15) is 19.1 Å². The molecule has 2 unspecified atom stereocenters. The molecule has 2 amide bonds. The summed E-state index contributed by atoms with van der Waals surface area (Å²) in [5, 5.41) is 20.3. The Morgan fingerprint density at radius 3 is 2.35 bits per heavy atom. The number of nitrogens with one attached hydrogen (secondary N) is 1. The van der Waals surface area contributed by atoms with Crippen LogP contribution < -0.4 is 5.32 Å². The van der Waals surface area contributed by atoms with Gasteiger partial charge < -0.3 is 20.4 Å². The van der Waals surface area contributed by atoms with Crippen LogP contribution in [0.2, 0.25) is 0 Å². The molecule has 0 spiro atoms. The molecule has 3 N–H and O–H groups in total. The number of aliphatic hydroxyl groups is 1. The van der Waals surface area contributed by atoms with Gasteiger partial charge in [-0.1, -0.05) is 12.1 Å². The maximum Gasteiger partial charge on any atom is 0.328 e. The number of amides is 2. The van der Waals surface area contributed by atoms with Gasteiger partial charge in [-0.05, 0) is 24.6 Å². The van der Waals surface area contributed by atoms with E-state index in [1.807, 2.05) is 0 Å². The summed E-state index contributed by atoms with van der Waals surface area (Å²) in [5.74, 6) is -1.69. The maximum atomic E-state index is 12.7. The quantitative estimate of drug-likeness (QED) is 0.746. The summed E-state index contributed by atoms with van der Waals surface area (Å²) in [5.41, 5.74) is 0.702. The van der Waals surface area contributed by atoms with E-state index in [0.29, 0.717) is 5.56 Å². The number of aliphatic carboxylic acids is 1. The Hall–Kier alpha value is -2.15. The SMILES string of the molecule is CC(O)C(NC(=O)N(C)Cc1ccc(F)cc1)C(=O)O. The summed E-state index contributed by atoms with van der Waals surface area (Å²) >= 11 is 0. The zero-order chi connectivity index (χ0) is 15.3. The van der Waals surface area contributed by atoms with Crippen molar-refractivity contribution in [1.29, 1.82) is 0 Å². The molecule has 1 aromatic carbocycles. The third-order valence-electron chi connectivity index (χ3n) is 2.71. The molecule has 6 nitrogen and oxygen atoms in total. The average Bonchev–Trinajstić information content (AvgIpc) is 2.37. The van der Waals surface area contributed by atoms with Crippen LogP contribution in [0.5, 0.6) is 0 Å². The number of benzene rings is 1. The first-order valence-corrected chi connectivity index (χ1v) is 5.98. The average molecular weight is 284 g/mol. The summed E-state index contributed by atoms with van der Waals surface area (Å²) < 4.78 is 12.7. The number of halogens is 1. The Morgan fingerprint density at radius 1 is 1.35 bits per heavy atom. The molecule has 0 saturated heterocycles. The van der Waals surface area contributed by atoms with Crippen LogP contribution in [0.4, 0.5) is 9.18 Å². The van der Waals surface area contributed by atoms with Crippen LogP contribution in [0.3, 0.4) is 0 Å². The Morgan fingerprint density at radius 2 is 1.90 bits per heavy atom. The van der Waals surface area contributed by atoms with Crippen molar-refractivity contribution in [1.82, 2.24) is 10.2 Å². The lowest BCUT2D eigenvalue weighted by Crippen LogP contribution is -2.51. The molecule has 0 radical (unpaired) electrons. The van der Waals surface area contributed by atoms with Crippen molar-refractivity contribution >= 4 is 12.0 Å². The Bertz CT molecular complexity index is 476. The normalized spacial score (nSPS) is 13.4. The van der Waals surface area contributed by atoms with E-state index < -0.39 is 24.1 Å². The molecule has 0 aliphatic heterocycles. The van der Waals surface area contributed by atoms with E-state index in [2.05, 4.69) is 5.32 Å². The molecule has 2 atom stereocenters. The van der Waals surface area contributed by atoms with Gasteiger partial charge in [-0.15, -0.1) is 0 Å². The topological polar surface area (TPSA) is 89.9 Å². The first-order valence-electron chi connectivity index (χ1n) is 5.98. The number of carbonyl (C=O) groups is 2. The van der Waals surface area contributed by atoms with E-state index in [1.54, 1.807) is 0 Å². The number of rotatable bonds is 5. The molecule has 0 saturated carbocycles. The molecule has 0 aromatic heterocycles. The highest BCUT2D eigenvalue weighted by Gasteiger charge is 2.26. The smallest absolute Gasteiger partial charge is 0.328 e. The monoisotopic (exact) mass is 284 g/mol. The fourth-order valence-corrected chi connectivity index (χ4v) is 1.57. The first-order chi connectivity index (χ1) is 9.31. The van der Waals surface area contributed by atoms with Crippen LogP contribution >= 0.6 is 0 Å². The second kappa shape index (κ2) is 6.85. The van der Waals surface area contributed by atoms with E-state index >= 15 is 0 Å². The number of hydrogen-bond donors (Lipinski definition) is 3. The Balaban J connectivity index is 2.62. The molecule has 0 aliphatic rings. The summed E-state index contributed by atoms with van der Waals surface area (Å²) in [6.07, 6.45) is -1.21. The van der Waals surface area contributed by atoms with Crippen molar-refractivity contribution in [3.63, 3.8) is 0 Å². The van der Waals surface area contributed by atoms with E-state index in [0.717, 1.165) is 0 Å². The second-order valence-electron chi connectivity index (χ2n) is 4.49. The van der Waals surface area contributed by atoms with Crippen molar-refractivity contribution in [2.45, 2.75) is 25.6 Å². The minimum absolute atomic E-state index is 0.193. The van der Waals surface area contributed by atoms with Crippen molar-refractivity contribution in [2.75, 3.05) is 7.05 Å². The van der Waals surface area contributed by atoms with Crippen molar-refractivity contribution in [3.8, 4) is 0 Å². The third-order valence-corrected chi connectivity index (χ3v) is 2.71. The van der Waals surface area contributed by atoms with Crippen LogP contribution in [0.1, 0.15) is 12.5 Å². The summed E-state index contributed by atoms with van der Waals surface area (Å²) in [6, 6.07) is 3.60. The van der Waals surface area contributed by atoms with Crippen LogP contribution in [0, 0.1) is 5.82 Å². The van der Waals surface area contributed by atoms with Gasteiger partial charge in [-0.2, -0.15) is 0 Å². The van der Waals surface area contributed by atoms with Gasteiger partial charge in [0.15, 0.2) is 6.04 Å². The lowest BCUT2D eigenvalue weighted by molar-refractivity contribution is -0.141. The predicted octanol–water partition coefficient (Wildman–Crippen LogP) is 0.801. The zero-order valence-electron chi connectivity index (χ0n) is 11.2. The highest BCUT2D eigenvalue weighted by atomic mass is 19.1. The van der Waals surface area contributed by atoms with E-state index in [4.69, 9.17) is 5.11 Å². The molecule has 0 fully saturated rings. The molecule has 1 aromatic rings. The molecule has 7 heteroatoms. The highest BCUT2D eigenvalue weighted by molar-refractivity contribution is 5.82. The lowest BCUT2D eigenvalue weighted by atomic mass is 10.2. The molecule has 0 aliphatic carbocycles. The van der Waals surface area contributed by atoms with Crippen LogP contribution in [-0.2, 0) is 11.3 Å². The number of carbonyl (C=O) groups excluding carboxylic acids is 1. The molecule has 0 bridgehead atoms. The molecule has 1 rings (SSSR count). The fourth-order valence-electron chi connectivity index (χ4n) is 1.57. The van der Waals surface area contributed by atoms with E-state index in [-0.39, 0.29) is 12.4 Å². The van der Waals surface area contributed by atoms with E-state index in [1.165, 1.54) is 43.1 Å². The predicted molar refractivity (Wildman–Crippen MR) is 69.5 cm³/mol.